The number of aromatic nitrogens is 2. The summed E-state index contributed by atoms with van der Waals surface area (Å²) in [4.78, 5) is 8.67. The molecule has 0 atom stereocenters. The lowest BCUT2D eigenvalue weighted by Gasteiger charge is -2.12. The number of hydrogen-bond acceptors (Lipinski definition) is 6. The summed E-state index contributed by atoms with van der Waals surface area (Å²) in [6.45, 7) is 2.25. The number of ether oxygens (including phenoxy) is 2. The van der Waals surface area contributed by atoms with Crippen molar-refractivity contribution in [3.8, 4) is 11.5 Å². The van der Waals surface area contributed by atoms with Crippen LogP contribution in [0.3, 0.4) is 0 Å². The molecule has 0 amide bonds. The van der Waals surface area contributed by atoms with Crippen molar-refractivity contribution in [3.63, 3.8) is 0 Å². The van der Waals surface area contributed by atoms with E-state index in [4.69, 9.17) is 9.47 Å². The molecule has 146 valence electrons. The van der Waals surface area contributed by atoms with Crippen molar-refractivity contribution in [2.45, 2.75) is 13.5 Å². The van der Waals surface area contributed by atoms with Crippen LogP contribution in [0.2, 0.25) is 0 Å². The smallest absolute Gasteiger partial charge is 0.225 e. The summed E-state index contributed by atoms with van der Waals surface area (Å²) in [5.41, 5.74) is 1.77. The van der Waals surface area contributed by atoms with Crippen LogP contribution in [0.4, 0.5) is 26.2 Å². The van der Waals surface area contributed by atoms with E-state index < -0.39 is 11.6 Å². The van der Waals surface area contributed by atoms with Gasteiger partial charge in [-0.05, 0) is 36.8 Å². The van der Waals surface area contributed by atoms with Crippen LogP contribution in [0.15, 0.2) is 42.5 Å². The Balaban J connectivity index is 1.74. The van der Waals surface area contributed by atoms with Crippen molar-refractivity contribution in [2.75, 3.05) is 24.9 Å². The minimum Gasteiger partial charge on any atom is -0.493 e. The number of benzene rings is 2. The molecule has 0 fully saturated rings. The van der Waals surface area contributed by atoms with Gasteiger partial charge in [0.2, 0.25) is 5.95 Å². The molecule has 3 aromatic rings. The highest BCUT2D eigenvalue weighted by Crippen LogP contribution is 2.28. The largest absolute Gasteiger partial charge is 0.493 e. The fourth-order valence-electron chi connectivity index (χ4n) is 2.61. The molecule has 0 aliphatic heterocycles. The van der Waals surface area contributed by atoms with Crippen LogP contribution in [-0.2, 0) is 6.54 Å². The van der Waals surface area contributed by atoms with Gasteiger partial charge in [-0.2, -0.15) is 4.98 Å². The maximum atomic E-state index is 13.9. The maximum absolute atomic E-state index is 13.9. The zero-order chi connectivity index (χ0) is 20.1. The molecule has 0 saturated carbocycles. The lowest BCUT2D eigenvalue weighted by molar-refractivity contribution is 0.354. The minimum absolute atomic E-state index is 0.130. The van der Waals surface area contributed by atoms with E-state index in [1.165, 1.54) is 12.1 Å². The molecule has 0 bridgehead atoms. The number of nitrogens with one attached hydrogen (secondary N) is 2. The van der Waals surface area contributed by atoms with Gasteiger partial charge in [-0.3, -0.25) is 0 Å². The van der Waals surface area contributed by atoms with E-state index in [2.05, 4.69) is 20.6 Å². The molecular weight excluding hydrogens is 366 g/mol. The fourth-order valence-corrected chi connectivity index (χ4v) is 2.61. The van der Waals surface area contributed by atoms with Crippen molar-refractivity contribution >= 4 is 17.5 Å². The Kier molecular flexibility index (Phi) is 5.88. The standard InChI is InChI=1S/C20H20F2N4O2/c1-12-8-19(25-16-6-5-14(21)10-15(16)22)26-20(24-12)23-11-13-4-7-17(27-2)18(9-13)28-3/h4-10H,11H2,1-3H3,(H2,23,24,25,26). The Morgan fingerprint density at radius 2 is 1.71 bits per heavy atom. The predicted molar refractivity (Wildman–Crippen MR) is 103 cm³/mol. The van der Waals surface area contributed by atoms with Gasteiger partial charge in [0.05, 0.1) is 19.9 Å². The normalized spacial score (nSPS) is 10.5. The summed E-state index contributed by atoms with van der Waals surface area (Å²) in [5, 5.41) is 5.97. The zero-order valence-electron chi connectivity index (χ0n) is 15.7. The number of halogens is 2. The van der Waals surface area contributed by atoms with Crippen molar-refractivity contribution in [3.05, 3.63) is 65.4 Å². The molecule has 0 spiro atoms. The molecule has 0 saturated heterocycles. The third kappa shape index (κ3) is 4.64. The fraction of sp³-hybridized carbons (Fsp3) is 0.200. The highest BCUT2D eigenvalue weighted by Gasteiger charge is 2.08. The van der Waals surface area contributed by atoms with E-state index in [-0.39, 0.29) is 5.69 Å². The van der Waals surface area contributed by atoms with E-state index in [1.54, 1.807) is 27.2 Å². The first-order valence-corrected chi connectivity index (χ1v) is 8.51. The number of methoxy groups -OCH3 is 2. The number of rotatable bonds is 7. The monoisotopic (exact) mass is 386 g/mol. The molecule has 1 aromatic heterocycles. The van der Waals surface area contributed by atoms with Gasteiger partial charge in [-0.15, -0.1) is 0 Å². The molecule has 1 heterocycles. The molecule has 8 heteroatoms. The average Bonchev–Trinajstić information content (AvgIpc) is 2.68. The van der Waals surface area contributed by atoms with Gasteiger partial charge in [0.1, 0.15) is 17.5 Å². The molecular formula is C20H20F2N4O2. The first-order valence-electron chi connectivity index (χ1n) is 8.51. The summed E-state index contributed by atoms with van der Waals surface area (Å²) in [5.74, 6) is 0.704. The Labute approximate surface area is 161 Å². The highest BCUT2D eigenvalue weighted by molar-refractivity contribution is 5.58. The third-order valence-corrected chi connectivity index (χ3v) is 3.95. The summed E-state index contributed by atoms with van der Waals surface area (Å²) in [7, 11) is 3.15. The van der Waals surface area contributed by atoms with Crippen molar-refractivity contribution < 1.29 is 18.3 Å². The number of nitrogens with zero attached hydrogens (tertiary/aromatic N) is 2. The highest BCUT2D eigenvalue weighted by atomic mass is 19.1. The minimum atomic E-state index is -0.698. The second-order valence-electron chi connectivity index (χ2n) is 6.01. The molecule has 6 nitrogen and oxygen atoms in total. The second-order valence-corrected chi connectivity index (χ2v) is 6.01. The molecule has 28 heavy (non-hydrogen) atoms. The molecule has 2 N–H and O–H groups in total. The first-order chi connectivity index (χ1) is 13.5. The Morgan fingerprint density at radius 3 is 2.43 bits per heavy atom. The van der Waals surface area contributed by atoms with Crippen LogP contribution >= 0.6 is 0 Å². The lowest BCUT2D eigenvalue weighted by Crippen LogP contribution is -2.07. The molecule has 0 unspecified atom stereocenters. The van der Waals surface area contributed by atoms with Crippen molar-refractivity contribution in [1.82, 2.24) is 9.97 Å². The van der Waals surface area contributed by atoms with E-state index in [9.17, 15) is 8.78 Å². The topological polar surface area (TPSA) is 68.3 Å². The van der Waals surface area contributed by atoms with Crippen LogP contribution in [0.5, 0.6) is 11.5 Å². The van der Waals surface area contributed by atoms with E-state index in [0.29, 0.717) is 35.5 Å². The summed E-state index contributed by atoms with van der Waals surface area (Å²) in [6.07, 6.45) is 0. The van der Waals surface area contributed by atoms with Crippen LogP contribution in [-0.4, -0.2) is 24.2 Å². The van der Waals surface area contributed by atoms with E-state index >= 15 is 0 Å². The Bertz CT molecular complexity index is 982. The SMILES string of the molecule is COc1ccc(CNc2nc(C)cc(Nc3ccc(F)cc3F)n2)cc1OC. The average molecular weight is 386 g/mol. The molecule has 0 aliphatic rings. The number of anilines is 3. The second kappa shape index (κ2) is 8.51. The van der Waals surface area contributed by atoms with Crippen molar-refractivity contribution in [1.29, 1.82) is 0 Å². The molecule has 3 rings (SSSR count). The summed E-state index contributed by atoms with van der Waals surface area (Å²) in [6, 6.07) is 10.6. The van der Waals surface area contributed by atoms with Crippen LogP contribution < -0.4 is 20.1 Å². The molecule has 2 aromatic carbocycles. The van der Waals surface area contributed by atoms with Crippen molar-refractivity contribution in [2.24, 2.45) is 0 Å². The Morgan fingerprint density at radius 1 is 0.929 bits per heavy atom. The van der Waals surface area contributed by atoms with Crippen LogP contribution in [0, 0.1) is 18.6 Å². The number of aryl methyl sites for hydroxylation is 1. The van der Waals surface area contributed by atoms with Gasteiger partial charge >= 0.3 is 0 Å². The molecule has 0 aliphatic carbocycles. The first kappa shape index (κ1) is 19.3. The van der Waals surface area contributed by atoms with Gasteiger partial charge < -0.3 is 20.1 Å². The Hall–Kier alpha value is -3.42. The van der Waals surface area contributed by atoms with Crippen LogP contribution in [0.1, 0.15) is 11.3 Å². The van der Waals surface area contributed by atoms with Gasteiger partial charge in [-0.1, -0.05) is 6.07 Å². The summed E-state index contributed by atoms with van der Waals surface area (Å²) >= 11 is 0. The third-order valence-electron chi connectivity index (χ3n) is 3.95. The van der Waals surface area contributed by atoms with E-state index in [1.807, 2.05) is 18.2 Å². The maximum Gasteiger partial charge on any atom is 0.225 e. The predicted octanol–water partition coefficient (Wildman–Crippen LogP) is 4.44. The quantitative estimate of drug-likeness (QED) is 0.626. The van der Waals surface area contributed by atoms with Gasteiger partial charge in [-0.25, -0.2) is 13.8 Å². The zero-order valence-corrected chi connectivity index (χ0v) is 15.7. The van der Waals surface area contributed by atoms with Crippen LogP contribution in [0.25, 0.3) is 0 Å². The van der Waals surface area contributed by atoms with Gasteiger partial charge in [0.15, 0.2) is 11.5 Å². The van der Waals surface area contributed by atoms with E-state index in [0.717, 1.165) is 11.6 Å². The summed E-state index contributed by atoms with van der Waals surface area (Å²) < 4.78 is 37.4. The lowest BCUT2D eigenvalue weighted by atomic mass is 10.2. The van der Waals surface area contributed by atoms with Gasteiger partial charge in [0.25, 0.3) is 0 Å². The molecule has 0 radical (unpaired) electrons. The van der Waals surface area contributed by atoms with Gasteiger partial charge in [0, 0.05) is 24.4 Å². The number of hydrogen-bond donors (Lipinski definition) is 2.